The van der Waals surface area contributed by atoms with Crippen molar-refractivity contribution in [3.8, 4) is 0 Å². The van der Waals surface area contributed by atoms with Gasteiger partial charge in [-0.05, 0) is 30.9 Å². The molecule has 3 aliphatic heterocycles. The van der Waals surface area contributed by atoms with Crippen LogP contribution in [0.4, 0.5) is 0 Å². The molecule has 2 aromatic rings. The number of aliphatic hydroxyl groups is 1. The lowest BCUT2D eigenvalue weighted by atomic mass is 9.70. The Bertz CT molecular complexity index is 1390. The summed E-state index contributed by atoms with van der Waals surface area (Å²) < 4.78 is -0.826. The van der Waals surface area contributed by atoms with Crippen LogP contribution in [0.5, 0.6) is 0 Å². The number of carbonyl (C=O) groups is 3. The Balaban J connectivity index is 1.61. The van der Waals surface area contributed by atoms with Gasteiger partial charge in [0.2, 0.25) is 17.7 Å². The predicted octanol–water partition coefficient (Wildman–Crippen LogP) is 5.60. The van der Waals surface area contributed by atoms with Gasteiger partial charge < -0.3 is 19.8 Å². The lowest BCUT2D eigenvalue weighted by molar-refractivity contribution is -0.148. The van der Waals surface area contributed by atoms with Crippen molar-refractivity contribution in [1.29, 1.82) is 0 Å². The number of benzene rings is 2. The van der Waals surface area contributed by atoms with E-state index in [0.29, 0.717) is 26.1 Å². The molecular formula is C36H44BrN3O4S. The molecule has 240 valence electrons. The summed E-state index contributed by atoms with van der Waals surface area (Å²) >= 11 is 5.52. The number of halogens is 1. The van der Waals surface area contributed by atoms with Gasteiger partial charge in [0.1, 0.15) is 6.04 Å². The Morgan fingerprint density at radius 3 is 2.33 bits per heavy atom. The lowest BCUT2D eigenvalue weighted by Gasteiger charge is -2.41. The largest absolute Gasteiger partial charge is 0.394 e. The molecule has 4 unspecified atom stereocenters. The fourth-order valence-corrected chi connectivity index (χ4v) is 11.3. The second-order valence-corrected chi connectivity index (χ2v) is 15.1. The van der Waals surface area contributed by atoms with Crippen molar-refractivity contribution in [1.82, 2.24) is 14.7 Å². The molecule has 0 saturated carbocycles. The van der Waals surface area contributed by atoms with E-state index in [1.54, 1.807) is 33.7 Å². The van der Waals surface area contributed by atoms with Crippen LogP contribution in [0.3, 0.4) is 0 Å². The summed E-state index contributed by atoms with van der Waals surface area (Å²) in [4.78, 5) is 49.6. The van der Waals surface area contributed by atoms with E-state index in [1.807, 2.05) is 72.5 Å². The summed E-state index contributed by atoms with van der Waals surface area (Å²) in [7, 11) is 0. The molecule has 0 aromatic heterocycles. The summed E-state index contributed by atoms with van der Waals surface area (Å²) in [5.74, 6) is -1.80. The first-order chi connectivity index (χ1) is 21.7. The second-order valence-electron chi connectivity index (χ2n) is 12.4. The maximum Gasteiger partial charge on any atom is 0.247 e. The third-order valence-corrected chi connectivity index (χ3v) is 12.9. The zero-order valence-corrected chi connectivity index (χ0v) is 28.5. The number of aliphatic hydroxyl groups excluding tert-OH is 1. The number of carbonyl (C=O) groups excluding carboxylic acids is 3. The van der Waals surface area contributed by atoms with Gasteiger partial charge in [-0.1, -0.05) is 102 Å². The van der Waals surface area contributed by atoms with Crippen molar-refractivity contribution in [2.75, 3.05) is 19.7 Å². The van der Waals surface area contributed by atoms with Crippen LogP contribution in [-0.2, 0) is 20.9 Å². The molecule has 0 aliphatic carbocycles. The van der Waals surface area contributed by atoms with Gasteiger partial charge >= 0.3 is 0 Å². The van der Waals surface area contributed by atoms with E-state index in [0.717, 1.165) is 24.0 Å². The first kappa shape index (κ1) is 33.5. The minimum atomic E-state index is -0.846. The predicted molar refractivity (Wildman–Crippen MR) is 184 cm³/mol. The fourth-order valence-electron chi connectivity index (χ4n) is 7.75. The first-order valence-electron chi connectivity index (χ1n) is 15.9. The Morgan fingerprint density at radius 2 is 1.73 bits per heavy atom. The van der Waals surface area contributed by atoms with Gasteiger partial charge in [-0.25, -0.2) is 0 Å². The van der Waals surface area contributed by atoms with E-state index in [-0.39, 0.29) is 40.4 Å². The smallest absolute Gasteiger partial charge is 0.247 e. The van der Waals surface area contributed by atoms with Crippen molar-refractivity contribution in [2.45, 2.75) is 72.6 Å². The fraction of sp³-hybridized carbons (Fsp3) is 0.472. The van der Waals surface area contributed by atoms with Crippen molar-refractivity contribution in [2.24, 2.45) is 11.8 Å². The summed E-state index contributed by atoms with van der Waals surface area (Å²) in [5, 5.41) is 10.7. The van der Waals surface area contributed by atoms with E-state index in [4.69, 9.17) is 0 Å². The molecule has 3 fully saturated rings. The summed E-state index contributed by atoms with van der Waals surface area (Å²) in [5.41, 5.74) is 1.75. The van der Waals surface area contributed by atoms with Gasteiger partial charge in [-0.2, -0.15) is 0 Å². The topological polar surface area (TPSA) is 81.2 Å². The standard InChI is InChI=1S/C36H44BrN3O4S/c1-5-14-24(4)39(20-7-3)35(44)32-36-21-27(37)31(45-36)29(33(42)38(19-6-2)22-25-15-10-8-11-16-25)30(36)34(43)40(32)28(23-41)26-17-12-9-13-18-26/h6-13,15-18,24,27-32,41H,2-3,5,14,19-23H2,1,4H3/t24?,27?,28-,29-,30+,31-,32?,36?/m1/s1. The number of hydrogen-bond acceptors (Lipinski definition) is 5. The molecule has 8 atom stereocenters. The number of alkyl halides is 1. The second kappa shape index (κ2) is 14.3. The van der Waals surface area contributed by atoms with Gasteiger partial charge in [0.15, 0.2) is 0 Å². The van der Waals surface area contributed by atoms with E-state index < -0.39 is 28.7 Å². The minimum absolute atomic E-state index is 0.0525. The van der Waals surface area contributed by atoms with E-state index in [9.17, 15) is 19.5 Å². The van der Waals surface area contributed by atoms with Crippen LogP contribution in [0, 0.1) is 11.8 Å². The molecule has 3 heterocycles. The molecule has 2 aromatic carbocycles. The average Bonchev–Trinajstić information content (AvgIpc) is 3.64. The normalized spacial score (nSPS) is 28.0. The lowest BCUT2D eigenvalue weighted by Crippen LogP contribution is -2.57. The molecule has 3 amide bonds. The van der Waals surface area contributed by atoms with Gasteiger partial charge in [0.05, 0.1) is 29.2 Å². The van der Waals surface area contributed by atoms with Crippen LogP contribution in [0.1, 0.15) is 50.3 Å². The maximum atomic E-state index is 14.9. The highest BCUT2D eigenvalue weighted by atomic mass is 79.9. The molecular weight excluding hydrogens is 650 g/mol. The number of nitrogens with zero attached hydrogens (tertiary/aromatic N) is 3. The number of thioether (sulfide) groups is 1. The molecule has 1 spiro atoms. The minimum Gasteiger partial charge on any atom is -0.394 e. The Hall–Kier alpha value is -2.88. The number of fused-ring (bicyclic) bond motifs is 1. The van der Waals surface area contributed by atoms with Gasteiger partial charge in [0, 0.05) is 35.8 Å². The molecule has 9 heteroatoms. The third-order valence-electron chi connectivity index (χ3n) is 9.66. The van der Waals surface area contributed by atoms with Crippen molar-refractivity contribution in [3.05, 3.63) is 97.1 Å². The molecule has 0 radical (unpaired) electrons. The summed E-state index contributed by atoms with van der Waals surface area (Å²) in [6.07, 6.45) is 5.75. The van der Waals surface area contributed by atoms with Crippen molar-refractivity contribution in [3.63, 3.8) is 0 Å². The van der Waals surface area contributed by atoms with Gasteiger partial charge in [-0.3, -0.25) is 14.4 Å². The molecule has 3 saturated heterocycles. The average molecular weight is 695 g/mol. The monoisotopic (exact) mass is 693 g/mol. The van der Waals surface area contributed by atoms with E-state index >= 15 is 0 Å². The molecule has 3 aliphatic rings. The van der Waals surface area contributed by atoms with Gasteiger partial charge in [-0.15, -0.1) is 24.9 Å². The molecule has 5 rings (SSSR count). The molecule has 2 bridgehead atoms. The zero-order valence-electron chi connectivity index (χ0n) is 26.1. The number of likely N-dealkylation sites (tertiary alicyclic amines) is 1. The van der Waals surface area contributed by atoms with Crippen LogP contribution in [0.25, 0.3) is 0 Å². The number of amides is 3. The van der Waals surface area contributed by atoms with Gasteiger partial charge in [0.25, 0.3) is 0 Å². The van der Waals surface area contributed by atoms with Crippen molar-refractivity contribution < 1.29 is 19.5 Å². The Kier molecular flexibility index (Phi) is 10.6. The number of hydrogen-bond donors (Lipinski definition) is 1. The Morgan fingerprint density at radius 1 is 1.09 bits per heavy atom. The van der Waals surface area contributed by atoms with Crippen LogP contribution in [0.2, 0.25) is 0 Å². The van der Waals surface area contributed by atoms with Crippen LogP contribution >= 0.6 is 27.7 Å². The summed E-state index contributed by atoms with van der Waals surface area (Å²) in [6.45, 7) is 12.7. The summed E-state index contributed by atoms with van der Waals surface area (Å²) in [6, 6.07) is 17.6. The van der Waals surface area contributed by atoms with E-state index in [2.05, 4.69) is 36.0 Å². The molecule has 7 nitrogen and oxygen atoms in total. The van der Waals surface area contributed by atoms with E-state index in [1.165, 1.54) is 0 Å². The highest BCUT2D eigenvalue weighted by Gasteiger charge is 2.76. The SMILES string of the molecule is C=CCN(Cc1ccccc1)C(=O)[C@H]1[C@@H]2SC3(CC2Br)C(C(=O)N(CC=C)C(C)CCC)N([C@H](CO)c2ccccc2)C(=O)[C@H]13. The van der Waals surface area contributed by atoms with Crippen LogP contribution < -0.4 is 0 Å². The van der Waals surface area contributed by atoms with Crippen LogP contribution in [-0.4, -0.2) is 84.1 Å². The van der Waals surface area contributed by atoms with Crippen LogP contribution in [0.15, 0.2) is 86.0 Å². The quantitative estimate of drug-likeness (QED) is 0.206. The first-order valence-corrected chi connectivity index (χ1v) is 17.7. The highest BCUT2D eigenvalue weighted by molar-refractivity contribution is 9.09. The molecule has 1 N–H and O–H groups in total. The molecule has 45 heavy (non-hydrogen) atoms. The zero-order chi connectivity index (χ0) is 32.3. The Labute approximate surface area is 279 Å². The van der Waals surface area contributed by atoms with Crippen molar-refractivity contribution >= 4 is 45.4 Å². The number of rotatable bonds is 14. The third kappa shape index (κ3) is 6.03. The highest BCUT2D eigenvalue weighted by Crippen LogP contribution is 2.68. The maximum absolute atomic E-state index is 14.9.